The maximum atomic E-state index is 11.7. The standard InChI is InChI=1S/C11H20O6S/c1-7(12)8(2)17-11(10(13)14)6-4-5-9(11)18(3,15)16/h7-9,12H,4-6H2,1-3H3,(H,13,14). The summed E-state index contributed by atoms with van der Waals surface area (Å²) in [5.41, 5.74) is -1.73. The van der Waals surface area contributed by atoms with Crippen LogP contribution in [0.1, 0.15) is 33.1 Å². The molecule has 0 aliphatic heterocycles. The predicted molar refractivity (Wildman–Crippen MR) is 65.1 cm³/mol. The zero-order valence-electron chi connectivity index (χ0n) is 10.8. The summed E-state index contributed by atoms with van der Waals surface area (Å²) in [6.45, 7) is 3.01. The van der Waals surface area contributed by atoms with E-state index in [4.69, 9.17) is 4.74 Å². The minimum atomic E-state index is -3.51. The van der Waals surface area contributed by atoms with Crippen LogP contribution in [0.4, 0.5) is 0 Å². The van der Waals surface area contributed by atoms with Gasteiger partial charge in [0.2, 0.25) is 0 Å². The predicted octanol–water partition coefficient (Wildman–Crippen LogP) is 0.193. The minimum absolute atomic E-state index is 0.150. The summed E-state index contributed by atoms with van der Waals surface area (Å²) in [6.07, 6.45) is 0.341. The van der Waals surface area contributed by atoms with Gasteiger partial charge in [0.1, 0.15) is 5.25 Å². The summed E-state index contributed by atoms with van der Waals surface area (Å²) in [5, 5.41) is 17.7. The number of hydrogen-bond acceptors (Lipinski definition) is 5. The zero-order chi connectivity index (χ0) is 14.1. The molecular weight excluding hydrogens is 260 g/mol. The summed E-state index contributed by atoms with van der Waals surface area (Å²) in [5.74, 6) is -1.28. The number of ether oxygens (including phenoxy) is 1. The molecule has 1 aliphatic carbocycles. The lowest BCUT2D eigenvalue weighted by molar-refractivity contribution is -0.178. The van der Waals surface area contributed by atoms with Crippen molar-refractivity contribution >= 4 is 15.8 Å². The van der Waals surface area contributed by atoms with Gasteiger partial charge < -0.3 is 14.9 Å². The molecule has 1 rings (SSSR count). The quantitative estimate of drug-likeness (QED) is 0.745. The Kier molecular flexibility index (Phi) is 4.40. The molecule has 0 aromatic carbocycles. The van der Waals surface area contributed by atoms with Crippen molar-refractivity contribution in [3.05, 3.63) is 0 Å². The van der Waals surface area contributed by atoms with E-state index in [9.17, 15) is 23.4 Å². The molecule has 1 fully saturated rings. The Morgan fingerprint density at radius 1 is 1.44 bits per heavy atom. The van der Waals surface area contributed by atoms with Crippen molar-refractivity contribution in [1.82, 2.24) is 0 Å². The monoisotopic (exact) mass is 280 g/mol. The summed E-state index contributed by atoms with van der Waals surface area (Å²) >= 11 is 0. The van der Waals surface area contributed by atoms with Gasteiger partial charge in [0.15, 0.2) is 15.4 Å². The van der Waals surface area contributed by atoms with Crippen LogP contribution >= 0.6 is 0 Å². The Morgan fingerprint density at radius 2 is 2.00 bits per heavy atom. The van der Waals surface area contributed by atoms with Gasteiger partial charge in [-0.25, -0.2) is 13.2 Å². The van der Waals surface area contributed by atoms with Crippen molar-refractivity contribution in [2.24, 2.45) is 0 Å². The summed E-state index contributed by atoms with van der Waals surface area (Å²) in [6, 6.07) is 0. The first kappa shape index (κ1) is 15.4. The number of hydrogen-bond donors (Lipinski definition) is 2. The molecule has 1 aliphatic rings. The number of aliphatic carboxylic acids is 1. The van der Waals surface area contributed by atoms with Crippen molar-refractivity contribution in [3.8, 4) is 0 Å². The first-order valence-corrected chi connectivity index (χ1v) is 7.85. The van der Waals surface area contributed by atoms with Gasteiger partial charge in [-0.2, -0.15) is 0 Å². The maximum Gasteiger partial charge on any atom is 0.337 e. The topological polar surface area (TPSA) is 101 Å². The maximum absolute atomic E-state index is 11.7. The van der Waals surface area contributed by atoms with Gasteiger partial charge >= 0.3 is 5.97 Å². The second kappa shape index (κ2) is 5.14. The fraction of sp³-hybridized carbons (Fsp3) is 0.909. The normalized spacial score (nSPS) is 32.1. The van der Waals surface area contributed by atoms with E-state index in [-0.39, 0.29) is 12.8 Å². The van der Waals surface area contributed by atoms with E-state index in [1.54, 1.807) is 0 Å². The lowest BCUT2D eigenvalue weighted by Crippen LogP contribution is -2.53. The van der Waals surface area contributed by atoms with Crippen LogP contribution in [0.2, 0.25) is 0 Å². The molecule has 4 atom stereocenters. The largest absolute Gasteiger partial charge is 0.479 e. The van der Waals surface area contributed by atoms with Crippen LogP contribution in [-0.2, 0) is 19.4 Å². The number of aliphatic hydroxyl groups is 1. The van der Waals surface area contributed by atoms with Crippen LogP contribution in [0.25, 0.3) is 0 Å². The van der Waals surface area contributed by atoms with Crippen molar-refractivity contribution in [2.75, 3.05) is 6.26 Å². The van der Waals surface area contributed by atoms with E-state index in [2.05, 4.69) is 0 Å². The molecule has 0 bridgehead atoms. The smallest absolute Gasteiger partial charge is 0.337 e. The van der Waals surface area contributed by atoms with E-state index in [0.717, 1.165) is 6.26 Å². The first-order chi connectivity index (χ1) is 8.11. The second-order valence-corrected chi connectivity index (χ2v) is 7.20. The zero-order valence-corrected chi connectivity index (χ0v) is 11.6. The van der Waals surface area contributed by atoms with E-state index in [1.165, 1.54) is 13.8 Å². The number of sulfone groups is 1. The van der Waals surface area contributed by atoms with Crippen LogP contribution in [0, 0.1) is 0 Å². The van der Waals surface area contributed by atoms with Gasteiger partial charge in [0.05, 0.1) is 12.2 Å². The highest BCUT2D eigenvalue weighted by atomic mass is 32.2. The molecule has 2 N–H and O–H groups in total. The highest BCUT2D eigenvalue weighted by Gasteiger charge is 2.56. The summed E-state index contributed by atoms with van der Waals surface area (Å²) in [7, 11) is -3.51. The van der Waals surface area contributed by atoms with Gasteiger partial charge in [0.25, 0.3) is 0 Å². The summed E-state index contributed by atoms with van der Waals surface area (Å²) in [4.78, 5) is 11.5. The molecule has 106 valence electrons. The lowest BCUT2D eigenvalue weighted by Gasteiger charge is -2.34. The van der Waals surface area contributed by atoms with Gasteiger partial charge in [-0.1, -0.05) is 0 Å². The highest BCUT2D eigenvalue weighted by molar-refractivity contribution is 7.91. The van der Waals surface area contributed by atoms with Gasteiger partial charge in [-0.3, -0.25) is 0 Å². The SMILES string of the molecule is CC(O)C(C)OC1(C(=O)O)CCCC1S(C)(=O)=O. The number of carboxylic acids is 1. The van der Waals surface area contributed by atoms with E-state index >= 15 is 0 Å². The second-order valence-electron chi connectivity index (χ2n) is 4.97. The van der Waals surface area contributed by atoms with E-state index in [1.807, 2.05) is 0 Å². The molecule has 4 unspecified atom stereocenters. The van der Waals surface area contributed by atoms with Gasteiger partial charge in [0, 0.05) is 6.26 Å². The molecule has 1 saturated carbocycles. The van der Waals surface area contributed by atoms with Crippen molar-refractivity contribution in [1.29, 1.82) is 0 Å². The number of carboxylic acid groups (broad SMARTS) is 1. The van der Waals surface area contributed by atoms with Crippen LogP contribution in [0.3, 0.4) is 0 Å². The Hall–Kier alpha value is -0.660. The van der Waals surface area contributed by atoms with E-state index in [0.29, 0.717) is 6.42 Å². The molecule has 0 amide bonds. The summed E-state index contributed by atoms with van der Waals surface area (Å²) < 4.78 is 28.8. The van der Waals surface area contributed by atoms with Crippen LogP contribution in [-0.4, -0.2) is 53.9 Å². The van der Waals surface area contributed by atoms with Crippen molar-refractivity contribution < 1.29 is 28.2 Å². The Balaban J connectivity index is 3.11. The molecule has 0 radical (unpaired) electrons. The molecule has 0 aromatic heterocycles. The third-order valence-corrected chi connectivity index (χ3v) is 5.14. The molecule has 7 heteroatoms. The number of aliphatic hydroxyl groups excluding tert-OH is 1. The van der Waals surface area contributed by atoms with Gasteiger partial charge in [-0.05, 0) is 33.1 Å². The number of carbonyl (C=O) groups is 1. The Bertz CT molecular complexity index is 415. The first-order valence-electron chi connectivity index (χ1n) is 5.89. The number of rotatable bonds is 5. The molecular formula is C11H20O6S. The lowest BCUT2D eigenvalue weighted by atomic mass is 10.0. The molecule has 0 aromatic rings. The fourth-order valence-electron chi connectivity index (χ4n) is 2.36. The highest BCUT2D eigenvalue weighted by Crippen LogP contribution is 2.39. The van der Waals surface area contributed by atoms with Crippen molar-refractivity contribution in [2.45, 2.75) is 56.2 Å². The molecule has 18 heavy (non-hydrogen) atoms. The fourth-order valence-corrected chi connectivity index (χ4v) is 3.92. The van der Waals surface area contributed by atoms with E-state index < -0.39 is 38.9 Å². The van der Waals surface area contributed by atoms with Gasteiger partial charge in [-0.15, -0.1) is 0 Å². The molecule has 0 heterocycles. The third kappa shape index (κ3) is 2.84. The molecule has 0 spiro atoms. The Morgan fingerprint density at radius 3 is 2.39 bits per heavy atom. The average Bonchev–Trinajstić information content (AvgIpc) is 2.61. The van der Waals surface area contributed by atoms with Crippen molar-refractivity contribution in [3.63, 3.8) is 0 Å². The molecule has 6 nitrogen and oxygen atoms in total. The Labute approximate surface area is 107 Å². The average molecular weight is 280 g/mol. The minimum Gasteiger partial charge on any atom is -0.479 e. The van der Waals surface area contributed by atoms with Crippen LogP contribution < -0.4 is 0 Å². The molecule has 0 saturated heterocycles. The van der Waals surface area contributed by atoms with Crippen LogP contribution in [0.15, 0.2) is 0 Å². The third-order valence-electron chi connectivity index (χ3n) is 3.49. The van der Waals surface area contributed by atoms with Crippen LogP contribution in [0.5, 0.6) is 0 Å².